The van der Waals surface area contributed by atoms with Gasteiger partial charge >= 0.3 is 11.9 Å². The first-order valence-corrected chi connectivity index (χ1v) is 4.59. The molecule has 0 unspecified atom stereocenters. The van der Waals surface area contributed by atoms with E-state index in [1.807, 2.05) is 0 Å². The molecule has 1 aromatic carbocycles. The lowest BCUT2D eigenvalue weighted by Crippen LogP contribution is -1.98. The smallest absolute Gasteiger partial charge is 0.352 e. The Hall–Kier alpha value is -2.30. The second kappa shape index (κ2) is 3.37. The highest BCUT2D eigenvalue weighted by atomic mass is 16.4. The van der Waals surface area contributed by atoms with Crippen molar-refractivity contribution in [2.45, 2.75) is 6.92 Å². The van der Waals surface area contributed by atoms with E-state index in [0.717, 1.165) is 5.39 Å². The molecule has 1 aromatic heterocycles. The van der Waals surface area contributed by atoms with E-state index in [1.165, 1.54) is 12.1 Å². The van der Waals surface area contributed by atoms with Gasteiger partial charge in [-0.05, 0) is 24.6 Å². The first-order chi connectivity index (χ1) is 7.50. The molecule has 5 heteroatoms. The van der Waals surface area contributed by atoms with Gasteiger partial charge in [-0.15, -0.1) is 0 Å². The fourth-order valence-electron chi connectivity index (χ4n) is 1.68. The molecule has 0 spiro atoms. The Morgan fingerprint density at radius 3 is 2.44 bits per heavy atom. The Morgan fingerprint density at radius 2 is 1.88 bits per heavy atom. The van der Waals surface area contributed by atoms with Gasteiger partial charge < -0.3 is 15.2 Å². The Morgan fingerprint density at radius 1 is 1.19 bits per heavy atom. The zero-order chi connectivity index (χ0) is 11.9. The van der Waals surface area contributed by atoms with Crippen molar-refractivity contribution in [3.05, 3.63) is 35.0 Å². The predicted molar refractivity (Wildman–Crippen MR) is 57.0 cm³/mol. The summed E-state index contributed by atoms with van der Waals surface area (Å²) in [5.74, 6) is -2.09. The number of nitrogens with one attached hydrogen (secondary N) is 1. The van der Waals surface area contributed by atoms with Gasteiger partial charge in [0.15, 0.2) is 0 Å². The summed E-state index contributed by atoms with van der Waals surface area (Å²) < 4.78 is 0. The minimum atomic E-state index is -1.05. The number of aromatic amines is 1. The van der Waals surface area contributed by atoms with E-state index in [9.17, 15) is 9.59 Å². The Bertz CT molecular complexity index is 597. The van der Waals surface area contributed by atoms with E-state index in [0.29, 0.717) is 11.1 Å². The number of hydrogen-bond acceptors (Lipinski definition) is 2. The van der Waals surface area contributed by atoms with Gasteiger partial charge in [-0.1, -0.05) is 6.07 Å². The van der Waals surface area contributed by atoms with Gasteiger partial charge in [-0.25, -0.2) is 9.59 Å². The molecule has 0 bridgehead atoms. The Balaban J connectivity index is 2.72. The summed E-state index contributed by atoms with van der Waals surface area (Å²) in [4.78, 5) is 24.3. The summed E-state index contributed by atoms with van der Waals surface area (Å²) >= 11 is 0. The van der Waals surface area contributed by atoms with Gasteiger partial charge in [0.05, 0.1) is 5.56 Å². The largest absolute Gasteiger partial charge is 0.478 e. The summed E-state index contributed by atoms with van der Waals surface area (Å²) in [6, 6.07) is 4.49. The van der Waals surface area contributed by atoms with Gasteiger partial charge in [0, 0.05) is 10.9 Å². The lowest BCUT2D eigenvalue weighted by Gasteiger charge is -1.94. The van der Waals surface area contributed by atoms with Gasteiger partial charge in [-0.3, -0.25) is 0 Å². The molecule has 0 atom stereocenters. The van der Waals surface area contributed by atoms with E-state index < -0.39 is 11.9 Å². The fourth-order valence-corrected chi connectivity index (χ4v) is 1.68. The molecule has 82 valence electrons. The third-order valence-corrected chi connectivity index (χ3v) is 2.52. The molecule has 0 aliphatic rings. The number of fused-ring (bicyclic) bond motifs is 1. The molecule has 3 N–H and O–H groups in total. The first-order valence-electron chi connectivity index (χ1n) is 4.59. The van der Waals surface area contributed by atoms with Crippen LogP contribution in [0.4, 0.5) is 0 Å². The van der Waals surface area contributed by atoms with Crippen LogP contribution in [0.15, 0.2) is 18.2 Å². The highest BCUT2D eigenvalue weighted by Crippen LogP contribution is 2.22. The third-order valence-electron chi connectivity index (χ3n) is 2.52. The van der Waals surface area contributed by atoms with Crippen LogP contribution in [0.25, 0.3) is 10.9 Å². The highest BCUT2D eigenvalue weighted by molar-refractivity contribution is 6.00. The molecule has 0 aliphatic carbocycles. The van der Waals surface area contributed by atoms with Crippen LogP contribution >= 0.6 is 0 Å². The highest BCUT2D eigenvalue weighted by Gasteiger charge is 2.14. The predicted octanol–water partition coefficient (Wildman–Crippen LogP) is 1.87. The average Bonchev–Trinajstić information content (AvgIpc) is 2.55. The molecule has 0 amide bonds. The van der Waals surface area contributed by atoms with Crippen molar-refractivity contribution in [1.82, 2.24) is 4.98 Å². The molecule has 2 rings (SSSR count). The quantitative estimate of drug-likeness (QED) is 0.719. The van der Waals surface area contributed by atoms with E-state index in [4.69, 9.17) is 10.2 Å². The van der Waals surface area contributed by atoms with E-state index in [1.54, 1.807) is 13.0 Å². The van der Waals surface area contributed by atoms with Gasteiger partial charge in [0.1, 0.15) is 5.69 Å². The van der Waals surface area contributed by atoms with Crippen molar-refractivity contribution in [3.63, 3.8) is 0 Å². The third kappa shape index (κ3) is 1.42. The zero-order valence-electron chi connectivity index (χ0n) is 8.44. The number of rotatable bonds is 2. The summed E-state index contributed by atoms with van der Waals surface area (Å²) in [5.41, 5.74) is 1.36. The van der Waals surface area contributed by atoms with Crippen LogP contribution in [0.5, 0.6) is 0 Å². The van der Waals surface area contributed by atoms with E-state index >= 15 is 0 Å². The lowest BCUT2D eigenvalue weighted by molar-refractivity contribution is 0.0683. The molecule has 0 fully saturated rings. The Labute approximate surface area is 90.3 Å². The Kier molecular flexibility index (Phi) is 2.16. The van der Waals surface area contributed by atoms with Crippen LogP contribution in [0.2, 0.25) is 0 Å². The van der Waals surface area contributed by atoms with Gasteiger partial charge in [-0.2, -0.15) is 0 Å². The van der Waals surface area contributed by atoms with Crippen molar-refractivity contribution < 1.29 is 19.8 Å². The van der Waals surface area contributed by atoms with E-state index in [2.05, 4.69) is 4.98 Å². The molecular weight excluding hydrogens is 210 g/mol. The van der Waals surface area contributed by atoms with Crippen LogP contribution < -0.4 is 0 Å². The molecule has 0 saturated carbocycles. The standard InChI is InChI=1S/C11H9NO4/c1-5-7-3-2-6(10(13)14)4-8(7)12-9(5)11(15)16/h2-4,12H,1H3,(H,13,14)(H,15,16). The molecular formula is C11H9NO4. The van der Waals surface area contributed by atoms with Crippen molar-refractivity contribution in [2.75, 3.05) is 0 Å². The molecule has 5 nitrogen and oxygen atoms in total. The second-order valence-electron chi connectivity index (χ2n) is 3.50. The number of aromatic carboxylic acids is 2. The molecule has 0 radical (unpaired) electrons. The summed E-state index contributed by atoms with van der Waals surface area (Å²) in [6.45, 7) is 1.68. The van der Waals surface area contributed by atoms with Crippen molar-refractivity contribution in [1.29, 1.82) is 0 Å². The summed E-state index contributed by atoms with van der Waals surface area (Å²) in [5, 5.41) is 18.4. The van der Waals surface area contributed by atoms with Crippen molar-refractivity contribution in [3.8, 4) is 0 Å². The van der Waals surface area contributed by atoms with Crippen LogP contribution in [0.1, 0.15) is 26.4 Å². The first kappa shape index (κ1) is 10.2. The number of H-pyrrole nitrogens is 1. The molecule has 1 heterocycles. The van der Waals surface area contributed by atoms with Crippen molar-refractivity contribution >= 4 is 22.8 Å². The van der Waals surface area contributed by atoms with Crippen LogP contribution in [0, 0.1) is 6.92 Å². The topological polar surface area (TPSA) is 90.4 Å². The van der Waals surface area contributed by atoms with Gasteiger partial charge in [0.25, 0.3) is 0 Å². The van der Waals surface area contributed by atoms with E-state index in [-0.39, 0.29) is 11.3 Å². The molecule has 0 saturated heterocycles. The monoisotopic (exact) mass is 219 g/mol. The van der Waals surface area contributed by atoms with Crippen LogP contribution in [-0.4, -0.2) is 27.1 Å². The number of hydrogen-bond donors (Lipinski definition) is 3. The fraction of sp³-hybridized carbons (Fsp3) is 0.0909. The maximum Gasteiger partial charge on any atom is 0.352 e. The molecule has 2 aromatic rings. The number of carboxylic acids is 2. The SMILES string of the molecule is Cc1c(C(=O)O)[nH]c2cc(C(=O)O)ccc12. The van der Waals surface area contributed by atoms with Crippen LogP contribution in [-0.2, 0) is 0 Å². The average molecular weight is 219 g/mol. The van der Waals surface area contributed by atoms with Crippen LogP contribution in [0.3, 0.4) is 0 Å². The maximum absolute atomic E-state index is 10.9. The number of benzene rings is 1. The van der Waals surface area contributed by atoms with Crippen molar-refractivity contribution in [2.24, 2.45) is 0 Å². The minimum absolute atomic E-state index is 0.0949. The minimum Gasteiger partial charge on any atom is -0.478 e. The number of carboxylic acid groups (broad SMARTS) is 2. The lowest BCUT2D eigenvalue weighted by atomic mass is 10.1. The summed E-state index contributed by atoms with van der Waals surface area (Å²) in [6.07, 6.45) is 0. The zero-order valence-corrected chi connectivity index (χ0v) is 8.44. The number of carbonyl (C=O) groups is 2. The second-order valence-corrected chi connectivity index (χ2v) is 3.50. The normalized spacial score (nSPS) is 10.6. The number of aryl methyl sites for hydroxylation is 1. The van der Waals surface area contributed by atoms with Gasteiger partial charge in [0.2, 0.25) is 0 Å². The number of aromatic nitrogens is 1. The molecule has 0 aliphatic heterocycles. The maximum atomic E-state index is 10.9. The molecule has 16 heavy (non-hydrogen) atoms. The summed E-state index contributed by atoms with van der Waals surface area (Å²) in [7, 11) is 0.